The Morgan fingerprint density at radius 3 is 1.77 bits per heavy atom. The standard InChI is InChI=1S/C20H24O2/c1-3-22-20(21)16(2)19(14-17-10-6-4-7-11-17)15-18-12-8-5-9-13-18/h4-13,16,19H,3,14-15H2,1-2H3/t16-/m1/s1. The zero-order valence-corrected chi connectivity index (χ0v) is 13.4. The van der Waals surface area contributed by atoms with E-state index in [1.54, 1.807) is 0 Å². The first kappa shape index (κ1) is 16.3. The van der Waals surface area contributed by atoms with Crippen LogP contribution in [0.5, 0.6) is 0 Å². The van der Waals surface area contributed by atoms with Gasteiger partial charge in [0.25, 0.3) is 0 Å². The predicted octanol–water partition coefficient (Wildman–Crippen LogP) is 4.29. The maximum absolute atomic E-state index is 12.1. The Kier molecular flexibility index (Phi) is 6.20. The van der Waals surface area contributed by atoms with E-state index in [1.165, 1.54) is 11.1 Å². The second-order valence-electron chi connectivity index (χ2n) is 5.68. The highest BCUT2D eigenvalue weighted by atomic mass is 16.5. The average molecular weight is 296 g/mol. The molecule has 0 fully saturated rings. The molecule has 0 heterocycles. The molecule has 0 spiro atoms. The van der Waals surface area contributed by atoms with Gasteiger partial charge in [-0.05, 0) is 36.8 Å². The summed E-state index contributed by atoms with van der Waals surface area (Å²) in [6.45, 7) is 4.27. The highest BCUT2D eigenvalue weighted by Crippen LogP contribution is 2.23. The van der Waals surface area contributed by atoms with Gasteiger partial charge in [0.2, 0.25) is 0 Å². The SMILES string of the molecule is CCOC(=O)[C@H](C)C(Cc1ccccc1)Cc1ccccc1. The fourth-order valence-electron chi connectivity index (χ4n) is 2.73. The van der Waals surface area contributed by atoms with E-state index in [0.717, 1.165) is 12.8 Å². The summed E-state index contributed by atoms with van der Waals surface area (Å²) in [6.07, 6.45) is 1.77. The molecule has 0 aliphatic carbocycles. The summed E-state index contributed by atoms with van der Waals surface area (Å²) in [7, 11) is 0. The molecule has 0 aromatic heterocycles. The second-order valence-corrected chi connectivity index (χ2v) is 5.68. The molecule has 0 N–H and O–H groups in total. The minimum Gasteiger partial charge on any atom is -0.466 e. The van der Waals surface area contributed by atoms with Gasteiger partial charge in [0.05, 0.1) is 12.5 Å². The smallest absolute Gasteiger partial charge is 0.308 e. The molecule has 116 valence electrons. The first-order chi connectivity index (χ1) is 10.7. The third-order valence-corrected chi connectivity index (χ3v) is 4.05. The molecule has 0 saturated carbocycles. The van der Waals surface area contributed by atoms with Gasteiger partial charge in [0.15, 0.2) is 0 Å². The first-order valence-electron chi connectivity index (χ1n) is 7.95. The van der Waals surface area contributed by atoms with E-state index in [0.29, 0.717) is 6.61 Å². The van der Waals surface area contributed by atoms with Gasteiger partial charge in [-0.2, -0.15) is 0 Å². The van der Waals surface area contributed by atoms with Crippen LogP contribution in [-0.2, 0) is 22.4 Å². The molecule has 0 bridgehead atoms. The van der Waals surface area contributed by atoms with Gasteiger partial charge >= 0.3 is 5.97 Å². The summed E-state index contributed by atoms with van der Waals surface area (Å²) in [4.78, 5) is 12.1. The number of ether oxygens (including phenoxy) is 1. The summed E-state index contributed by atoms with van der Waals surface area (Å²) < 4.78 is 5.22. The third-order valence-electron chi connectivity index (χ3n) is 4.05. The Balaban J connectivity index is 2.14. The number of hydrogen-bond donors (Lipinski definition) is 0. The predicted molar refractivity (Wildman–Crippen MR) is 89.6 cm³/mol. The van der Waals surface area contributed by atoms with Crippen LogP contribution in [0.1, 0.15) is 25.0 Å². The van der Waals surface area contributed by atoms with Crippen molar-refractivity contribution >= 4 is 5.97 Å². The molecule has 0 amide bonds. The van der Waals surface area contributed by atoms with Crippen LogP contribution in [-0.4, -0.2) is 12.6 Å². The summed E-state index contributed by atoms with van der Waals surface area (Å²) in [5.41, 5.74) is 2.53. The Hall–Kier alpha value is -2.09. The van der Waals surface area contributed by atoms with Gasteiger partial charge in [-0.25, -0.2) is 0 Å². The third kappa shape index (κ3) is 4.73. The number of benzene rings is 2. The molecule has 1 atom stereocenters. The summed E-state index contributed by atoms with van der Waals surface area (Å²) in [5.74, 6) is 0.0311. The van der Waals surface area contributed by atoms with Crippen LogP contribution >= 0.6 is 0 Å². The Morgan fingerprint density at radius 2 is 1.36 bits per heavy atom. The van der Waals surface area contributed by atoms with Crippen LogP contribution in [0.2, 0.25) is 0 Å². The van der Waals surface area contributed by atoms with Crippen molar-refractivity contribution in [3.63, 3.8) is 0 Å². The summed E-state index contributed by atoms with van der Waals surface area (Å²) in [6, 6.07) is 20.7. The minimum atomic E-state index is -0.111. The maximum atomic E-state index is 12.1. The molecule has 2 aromatic carbocycles. The highest BCUT2D eigenvalue weighted by molar-refractivity contribution is 5.72. The Labute approximate surface area is 133 Å². The van der Waals surface area contributed by atoms with Crippen molar-refractivity contribution in [2.75, 3.05) is 6.61 Å². The fraction of sp³-hybridized carbons (Fsp3) is 0.350. The lowest BCUT2D eigenvalue weighted by Crippen LogP contribution is -2.26. The summed E-state index contributed by atoms with van der Waals surface area (Å²) in [5, 5.41) is 0. The molecule has 0 unspecified atom stereocenters. The fourth-order valence-corrected chi connectivity index (χ4v) is 2.73. The molecule has 0 aliphatic rings. The first-order valence-corrected chi connectivity index (χ1v) is 7.95. The Morgan fingerprint density at radius 1 is 0.909 bits per heavy atom. The van der Waals surface area contributed by atoms with Crippen molar-refractivity contribution in [1.29, 1.82) is 0 Å². The van der Waals surface area contributed by atoms with Crippen molar-refractivity contribution in [3.05, 3.63) is 71.8 Å². The molecular weight excluding hydrogens is 272 g/mol. The molecule has 22 heavy (non-hydrogen) atoms. The quantitative estimate of drug-likeness (QED) is 0.713. The number of esters is 1. The molecular formula is C20H24O2. The van der Waals surface area contributed by atoms with Crippen molar-refractivity contribution in [3.8, 4) is 0 Å². The average Bonchev–Trinajstić information content (AvgIpc) is 2.56. The largest absolute Gasteiger partial charge is 0.466 e. The van der Waals surface area contributed by atoms with Crippen LogP contribution in [0, 0.1) is 11.8 Å². The van der Waals surface area contributed by atoms with Crippen LogP contribution < -0.4 is 0 Å². The lowest BCUT2D eigenvalue weighted by Gasteiger charge is -2.23. The normalized spacial score (nSPS) is 12.1. The summed E-state index contributed by atoms with van der Waals surface area (Å²) >= 11 is 0. The van der Waals surface area contributed by atoms with Crippen LogP contribution in [0.25, 0.3) is 0 Å². The van der Waals surface area contributed by atoms with Crippen molar-refractivity contribution in [1.82, 2.24) is 0 Å². The van der Waals surface area contributed by atoms with Gasteiger partial charge in [0.1, 0.15) is 0 Å². The molecule has 2 aromatic rings. The maximum Gasteiger partial charge on any atom is 0.308 e. The molecule has 2 rings (SSSR count). The van der Waals surface area contributed by atoms with E-state index in [4.69, 9.17) is 4.74 Å². The second kappa shape index (κ2) is 8.38. The van der Waals surface area contributed by atoms with E-state index in [-0.39, 0.29) is 17.8 Å². The number of carbonyl (C=O) groups is 1. The topological polar surface area (TPSA) is 26.3 Å². The minimum absolute atomic E-state index is 0.0978. The van der Waals surface area contributed by atoms with E-state index in [1.807, 2.05) is 50.2 Å². The molecule has 2 nitrogen and oxygen atoms in total. The highest BCUT2D eigenvalue weighted by Gasteiger charge is 2.25. The van der Waals surface area contributed by atoms with Crippen LogP contribution in [0.15, 0.2) is 60.7 Å². The van der Waals surface area contributed by atoms with Gasteiger partial charge in [-0.3, -0.25) is 4.79 Å². The van der Waals surface area contributed by atoms with E-state index in [9.17, 15) is 4.79 Å². The van der Waals surface area contributed by atoms with E-state index >= 15 is 0 Å². The van der Waals surface area contributed by atoms with Crippen molar-refractivity contribution < 1.29 is 9.53 Å². The number of carbonyl (C=O) groups excluding carboxylic acids is 1. The van der Waals surface area contributed by atoms with Gasteiger partial charge in [-0.15, -0.1) is 0 Å². The van der Waals surface area contributed by atoms with Crippen LogP contribution in [0.4, 0.5) is 0 Å². The number of hydrogen-bond acceptors (Lipinski definition) is 2. The molecule has 0 aliphatic heterocycles. The monoisotopic (exact) mass is 296 g/mol. The Bertz CT molecular complexity index is 521. The van der Waals surface area contributed by atoms with Crippen LogP contribution in [0.3, 0.4) is 0 Å². The van der Waals surface area contributed by atoms with Gasteiger partial charge < -0.3 is 4.74 Å². The lowest BCUT2D eigenvalue weighted by atomic mass is 9.83. The zero-order chi connectivity index (χ0) is 15.8. The van der Waals surface area contributed by atoms with E-state index in [2.05, 4.69) is 24.3 Å². The zero-order valence-electron chi connectivity index (χ0n) is 13.4. The van der Waals surface area contributed by atoms with E-state index < -0.39 is 0 Å². The van der Waals surface area contributed by atoms with Crippen molar-refractivity contribution in [2.45, 2.75) is 26.7 Å². The lowest BCUT2D eigenvalue weighted by molar-refractivity contribution is -0.149. The van der Waals surface area contributed by atoms with Gasteiger partial charge in [-0.1, -0.05) is 67.6 Å². The molecule has 0 radical (unpaired) electrons. The van der Waals surface area contributed by atoms with Crippen molar-refractivity contribution in [2.24, 2.45) is 11.8 Å². The van der Waals surface area contributed by atoms with Gasteiger partial charge in [0, 0.05) is 0 Å². The molecule has 2 heteroatoms. The molecule has 0 saturated heterocycles. The number of rotatable bonds is 7.